The van der Waals surface area contributed by atoms with E-state index in [0.717, 1.165) is 6.42 Å². The first-order valence-corrected chi connectivity index (χ1v) is 7.63. The van der Waals surface area contributed by atoms with Crippen LogP contribution in [0, 0.1) is 17.8 Å². The van der Waals surface area contributed by atoms with Crippen molar-refractivity contribution in [3.63, 3.8) is 0 Å². The van der Waals surface area contributed by atoms with E-state index in [9.17, 15) is 4.79 Å². The average Bonchev–Trinajstić information content (AvgIpc) is 2.48. The van der Waals surface area contributed by atoms with Gasteiger partial charge >= 0.3 is 6.09 Å². The fourth-order valence-electron chi connectivity index (χ4n) is 3.03. The van der Waals surface area contributed by atoms with Gasteiger partial charge in [-0.3, -0.25) is 5.32 Å². The first kappa shape index (κ1) is 15.7. The molecule has 0 heterocycles. The Hall–Kier alpha value is -1.71. The van der Waals surface area contributed by atoms with Crippen molar-refractivity contribution in [2.24, 2.45) is 17.8 Å². The van der Waals surface area contributed by atoms with Crippen LogP contribution in [-0.2, 0) is 4.74 Å². The van der Waals surface area contributed by atoms with Gasteiger partial charge in [-0.2, -0.15) is 0 Å². The number of methoxy groups -OCH3 is 1. The van der Waals surface area contributed by atoms with Crippen LogP contribution in [0.4, 0.5) is 10.5 Å². The fourth-order valence-corrected chi connectivity index (χ4v) is 3.03. The number of hydrogen-bond acceptors (Lipinski definition) is 3. The molecule has 0 aromatic heterocycles. The van der Waals surface area contributed by atoms with Gasteiger partial charge in [0.05, 0.1) is 12.8 Å². The lowest BCUT2D eigenvalue weighted by Gasteiger charge is -2.38. The van der Waals surface area contributed by atoms with Gasteiger partial charge in [0.15, 0.2) is 0 Å². The molecule has 21 heavy (non-hydrogen) atoms. The predicted molar refractivity (Wildman–Crippen MR) is 83.6 cm³/mol. The average molecular weight is 291 g/mol. The highest BCUT2D eigenvalue weighted by molar-refractivity contribution is 5.86. The van der Waals surface area contributed by atoms with E-state index in [1.165, 1.54) is 6.42 Å². The Labute approximate surface area is 126 Å². The van der Waals surface area contributed by atoms with Crippen molar-refractivity contribution in [3.05, 3.63) is 24.3 Å². The SMILES string of the molecule is COc1ccccc1NC(=O)OC1C(C)CCC(C)C1C. The van der Waals surface area contributed by atoms with Crippen LogP contribution in [0.25, 0.3) is 0 Å². The smallest absolute Gasteiger partial charge is 0.412 e. The van der Waals surface area contributed by atoms with E-state index in [2.05, 4.69) is 26.1 Å². The van der Waals surface area contributed by atoms with Gasteiger partial charge in [-0.1, -0.05) is 32.9 Å². The molecule has 116 valence electrons. The van der Waals surface area contributed by atoms with E-state index in [1.54, 1.807) is 13.2 Å². The second kappa shape index (κ2) is 6.83. The van der Waals surface area contributed by atoms with Crippen LogP contribution in [0.5, 0.6) is 5.75 Å². The van der Waals surface area contributed by atoms with Gasteiger partial charge in [-0.15, -0.1) is 0 Å². The van der Waals surface area contributed by atoms with E-state index >= 15 is 0 Å². The Balaban J connectivity index is 2.00. The quantitative estimate of drug-likeness (QED) is 0.902. The molecular formula is C17H25NO3. The van der Waals surface area contributed by atoms with Crippen LogP contribution < -0.4 is 10.1 Å². The molecule has 4 atom stereocenters. The summed E-state index contributed by atoms with van der Waals surface area (Å²) in [6.07, 6.45) is 1.88. The highest BCUT2D eigenvalue weighted by atomic mass is 16.6. The summed E-state index contributed by atoms with van der Waals surface area (Å²) in [7, 11) is 1.58. The van der Waals surface area contributed by atoms with E-state index in [4.69, 9.17) is 9.47 Å². The summed E-state index contributed by atoms with van der Waals surface area (Å²) in [6, 6.07) is 7.33. The summed E-state index contributed by atoms with van der Waals surface area (Å²) in [5.74, 6) is 2.01. The number of carbonyl (C=O) groups excluding carboxylic acids is 1. The monoisotopic (exact) mass is 291 g/mol. The number of amides is 1. The zero-order valence-electron chi connectivity index (χ0n) is 13.3. The molecule has 1 aromatic rings. The third-order valence-electron chi connectivity index (χ3n) is 4.64. The number of rotatable bonds is 3. The Bertz CT molecular complexity index is 489. The number of nitrogens with one attached hydrogen (secondary N) is 1. The normalized spacial score (nSPS) is 28.8. The van der Waals surface area contributed by atoms with Crippen molar-refractivity contribution in [1.29, 1.82) is 0 Å². The number of para-hydroxylation sites is 2. The first-order chi connectivity index (χ1) is 10.0. The molecule has 4 unspecified atom stereocenters. The van der Waals surface area contributed by atoms with Crippen LogP contribution in [0.2, 0.25) is 0 Å². The Morgan fingerprint density at radius 3 is 2.52 bits per heavy atom. The third-order valence-corrected chi connectivity index (χ3v) is 4.64. The molecule has 2 rings (SSSR count). The van der Waals surface area contributed by atoms with Gasteiger partial charge in [-0.05, 0) is 42.7 Å². The topological polar surface area (TPSA) is 47.6 Å². The third kappa shape index (κ3) is 3.69. The molecule has 0 aliphatic heterocycles. The van der Waals surface area contributed by atoms with Crippen molar-refractivity contribution < 1.29 is 14.3 Å². The van der Waals surface area contributed by atoms with Crippen molar-refractivity contribution in [1.82, 2.24) is 0 Å². The van der Waals surface area contributed by atoms with Gasteiger partial charge < -0.3 is 9.47 Å². The number of hydrogen-bond donors (Lipinski definition) is 1. The Morgan fingerprint density at radius 1 is 1.14 bits per heavy atom. The molecule has 1 saturated carbocycles. The molecule has 1 fully saturated rings. The van der Waals surface area contributed by atoms with E-state index < -0.39 is 6.09 Å². The van der Waals surface area contributed by atoms with Gasteiger partial charge in [-0.25, -0.2) is 4.79 Å². The van der Waals surface area contributed by atoms with E-state index in [1.807, 2.05) is 18.2 Å². The zero-order valence-corrected chi connectivity index (χ0v) is 13.3. The number of ether oxygens (including phenoxy) is 2. The Morgan fingerprint density at radius 2 is 1.81 bits per heavy atom. The minimum absolute atomic E-state index is 0.0246. The van der Waals surface area contributed by atoms with E-state index in [0.29, 0.717) is 29.2 Å². The standard InChI is InChI=1S/C17H25NO3/c1-11-9-10-12(2)16(13(11)3)21-17(19)18-14-7-5-6-8-15(14)20-4/h5-8,11-13,16H,9-10H2,1-4H3,(H,18,19). The van der Waals surface area contributed by atoms with Gasteiger partial charge in [0.1, 0.15) is 11.9 Å². The number of anilines is 1. The Kier molecular flexibility index (Phi) is 5.10. The lowest BCUT2D eigenvalue weighted by Crippen LogP contribution is -2.39. The van der Waals surface area contributed by atoms with Crippen LogP contribution in [0.15, 0.2) is 24.3 Å². The number of benzene rings is 1. The van der Waals surface area contributed by atoms with Crippen molar-refractivity contribution >= 4 is 11.8 Å². The van der Waals surface area contributed by atoms with Gasteiger partial charge in [0.25, 0.3) is 0 Å². The molecule has 1 amide bonds. The largest absolute Gasteiger partial charge is 0.495 e. The second-order valence-corrected chi connectivity index (χ2v) is 6.09. The molecule has 4 nitrogen and oxygen atoms in total. The summed E-state index contributed by atoms with van der Waals surface area (Å²) in [5.41, 5.74) is 0.633. The van der Waals surface area contributed by atoms with E-state index in [-0.39, 0.29) is 6.10 Å². The molecular weight excluding hydrogens is 266 g/mol. The maximum Gasteiger partial charge on any atom is 0.412 e. The molecule has 1 N–H and O–H groups in total. The van der Waals surface area contributed by atoms with Crippen LogP contribution in [0.3, 0.4) is 0 Å². The molecule has 1 aromatic carbocycles. The molecule has 0 bridgehead atoms. The summed E-state index contributed by atoms with van der Waals surface area (Å²) in [6.45, 7) is 6.55. The van der Waals surface area contributed by atoms with Crippen molar-refractivity contribution in [2.45, 2.75) is 39.7 Å². The van der Waals surface area contributed by atoms with Gasteiger partial charge in [0.2, 0.25) is 0 Å². The highest BCUT2D eigenvalue weighted by Crippen LogP contribution is 2.35. The predicted octanol–water partition coefficient (Wildman–Crippen LogP) is 4.31. The second-order valence-electron chi connectivity index (χ2n) is 6.09. The maximum atomic E-state index is 12.2. The van der Waals surface area contributed by atoms with Crippen LogP contribution in [0.1, 0.15) is 33.6 Å². The molecule has 0 spiro atoms. The fraction of sp³-hybridized carbons (Fsp3) is 0.588. The summed E-state index contributed by atoms with van der Waals surface area (Å²) >= 11 is 0. The number of carbonyl (C=O) groups is 1. The van der Waals surface area contributed by atoms with Crippen LogP contribution >= 0.6 is 0 Å². The summed E-state index contributed by atoms with van der Waals surface area (Å²) < 4.78 is 10.9. The molecule has 4 heteroatoms. The molecule has 1 aliphatic rings. The lowest BCUT2D eigenvalue weighted by atomic mass is 9.74. The summed E-state index contributed by atoms with van der Waals surface area (Å²) in [5, 5.41) is 2.78. The highest BCUT2D eigenvalue weighted by Gasteiger charge is 2.35. The first-order valence-electron chi connectivity index (χ1n) is 7.63. The lowest BCUT2D eigenvalue weighted by molar-refractivity contribution is -0.00527. The van der Waals surface area contributed by atoms with Crippen LogP contribution in [-0.4, -0.2) is 19.3 Å². The molecule has 1 aliphatic carbocycles. The maximum absolute atomic E-state index is 12.2. The molecule has 0 radical (unpaired) electrons. The molecule has 0 saturated heterocycles. The van der Waals surface area contributed by atoms with Crippen molar-refractivity contribution in [2.75, 3.05) is 12.4 Å². The van der Waals surface area contributed by atoms with Gasteiger partial charge in [0, 0.05) is 0 Å². The minimum Gasteiger partial charge on any atom is -0.495 e. The zero-order chi connectivity index (χ0) is 15.4. The van der Waals surface area contributed by atoms with Crippen molar-refractivity contribution in [3.8, 4) is 5.75 Å². The summed E-state index contributed by atoms with van der Waals surface area (Å²) in [4.78, 5) is 12.2. The minimum atomic E-state index is -0.405.